The zero-order valence-electron chi connectivity index (χ0n) is 16.2. The summed E-state index contributed by atoms with van der Waals surface area (Å²) in [5.41, 5.74) is 2.41. The van der Waals surface area contributed by atoms with E-state index in [0.29, 0.717) is 41.1 Å². The maximum absolute atomic E-state index is 13.1. The first-order valence-electron chi connectivity index (χ1n) is 9.26. The molecule has 0 bridgehead atoms. The standard InChI is InChI=1S/C19H27ClN4O2S/c1-15-19(27(25,26)23-11-5-4-6-12-23)16(2)24(21-15)14-22(3)13-17-7-9-18(20)10-8-17/h7-10H,4-6,11-14H2,1-3H3. The van der Waals surface area contributed by atoms with Crippen LogP contribution in [0, 0.1) is 13.8 Å². The molecule has 6 nitrogen and oxygen atoms in total. The van der Waals surface area contributed by atoms with Crippen LogP contribution in [0.3, 0.4) is 0 Å². The molecule has 27 heavy (non-hydrogen) atoms. The first-order chi connectivity index (χ1) is 12.8. The second-order valence-electron chi connectivity index (χ2n) is 7.25. The van der Waals surface area contributed by atoms with E-state index in [4.69, 9.17) is 11.6 Å². The SMILES string of the molecule is Cc1nn(CN(C)Cc2ccc(Cl)cc2)c(C)c1S(=O)(=O)N1CCCCC1. The number of hydrogen-bond acceptors (Lipinski definition) is 4. The molecule has 0 saturated carbocycles. The van der Waals surface area contributed by atoms with Gasteiger partial charge in [-0.05, 0) is 51.4 Å². The van der Waals surface area contributed by atoms with Crippen molar-refractivity contribution in [2.75, 3.05) is 20.1 Å². The molecule has 0 atom stereocenters. The largest absolute Gasteiger partial charge is 0.283 e. The molecule has 3 rings (SSSR count). The topological polar surface area (TPSA) is 58.4 Å². The highest BCUT2D eigenvalue weighted by Crippen LogP contribution is 2.26. The summed E-state index contributed by atoms with van der Waals surface area (Å²) < 4.78 is 29.6. The second-order valence-corrected chi connectivity index (χ2v) is 9.56. The summed E-state index contributed by atoms with van der Waals surface area (Å²) >= 11 is 5.94. The summed E-state index contributed by atoms with van der Waals surface area (Å²) in [5.74, 6) is 0. The maximum Gasteiger partial charge on any atom is 0.246 e. The van der Waals surface area contributed by atoms with E-state index in [0.717, 1.165) is 31.4 Å². The number of halogens is 1. The average Bonchev–Trinajstić information content (AvgIpc) is 2.91. The third kappa shape index (κ3) is 4.54. The fourth-order valence-corrected chi connectivity index (χ4v) is 5.62. The molecular weight excluding hydrogens is 384 g/mol. The fraction of sp³-hybridized carbons (Fsp3) is 0.526. The zero-order chi connectivity index (χ0) is 19.6. The molecule has 1 aliphatic heterocycles. The van der Waals surface area contributed by atoms with Gasteiger partial charge in [0.2, 0.25) is 10.0 Å². The van der Waals surface area contributed by atoms with Gasteiger partial charge in [0.15, 0.2) is 0 Å². The Kier molecular flexibility index (Phi) is 6.25. The van der Waals surface area contributed by atoms with Crippen molar-refractivity contribution in [2.45, 2.75) is 51.2 Å². The van der Waals surface area contributed by atoms with Crippen LogP contribution in [-0.4, -0.2) is 47.5 Å². The molecule has 1 aromatic heterocycles. The highest BCUT2D eigenvalue weighted by Gasteiger charge is 2.31. The minimum atomic E-state index is -3.49. The lowest BCUT2D eigenvalue weighted by atomic mass is 10.2. The van der Waals surface area contributed by atoms with Gasteiger partial charge in [-0.2, -0.15) is 9.40 Å². The maximum atomic E-state index is 13.1. The van der Waals surface area contributed by atoms with Gasteiger partial charge in [-0.15, -0.1) is 0 Å². The third-order valence-electron chi connectivity index (χ3n) is 4.97. The van der Waals surface area contributed by atoms with E-state index in [2.05, 4.69) is 10.00 Å². The molecule has 0 aliphatic carbocycles. The van der Waals surface area contributed by atoms with Crippen LogP contribution in [0.5, 0.6) is 0 Å². The Morgan fingerprint density at radius 2 is 1.74 bits per heavy atom. The molecule has 1 fully saturated rings. The van der Waals surface area contributed by atoms with Crippen molar-refractivity contribution < 1.29 is 8.42 Å². The monoisotopic (exact) mass is 410 g/mol. The van der Waals surface area contributed by atoms with E-state index in [1.165, 1.54) is 0 Å². The van der Waals surface area contributed by atoms with E-state index in [-0.39, 0.29) is 0 Å². The molecule has 0 radical (unpaired) electrons. The molecule has 0 amide bonds. The Morgan fingerprint density at radius 1 is 1.11 bits per heavy atom. The number of benzene rings is 1. The van der Waals surface area contributed by atoms with Crippen molar-refractivity contribution in [1.29, 1.82) is 0 Å². The highest BCUT2D eigenvalue weighted by molar-refractivity contribution is 7.89. The van der Waals surface area contributed by atoms with Crippen LogP contribution in [0.4, 0.5) is 0 Å². The first kappa shape index (κ1) is 20.3. The van der Waals surface area contributed by atoms with Crippen molar-refractivity contribution in [3.05, 3.63) is 46.2 Å². The summed E-state index contributed by atoms with van der Waals surface area (Å²) in [4.78, 5) is 2.46. The van der Waals surface area contributed by atoms with Gasteiger partial charge in [0, 0.05) is 24.7 Å². The third-order valence-corrected chi connectivity index (χ3v) is 7.37. The smallest absolute Gasteiger partial charge is 0.246 e. The first-order valence-corrected chi connectivity index (χ1v) is 11.1. The van der Waals surface area contributed by atoms with Crippen molar-refractivity contribution in [2.24, 2.45) is 0 Å². The molecule has 8 heteroatoms. The Balaban J connectivity index is 1.77. The summed E-state index contributed by atoms with van der Waals surface area (Å²) in [6, 6.07) is 7.73. The summed E-state index contributed by atoms with van der Waals surface area (Å²) in [6.07, 6.45) is 2.95. The Labute approximate surface area is 166 Å². The molecule has 2 aromatic rings. The molecule has 1 aromatic carbocycles. The molecule has 0 spiro atoms. The van der Waals surface area contributed by atoms with Crippen LogP contribution in [0.1, 0.15) is 36.2 Å². The van der Waals surface area contributed by atoms with Gasteiger partial charge in [-0.1, -0.05) is 30.2 Å². The van der Waals surface area contributed by atoms with Crippen LogP contribution in [0.25, 0.3) is 0 Å². The van der Waals surface area contributed by atoms with Crippen LogP contribution in [-0.2, 0) is 23.2 Å². The van der Waals surface area contributed by atoms with Crippen molar-refractivity contribution in [3.8, 4) is 0 Å². The number of nitrogens with zero attached hydrogens (tertiary/aromatic N) is 4. The highest BCUT2D eigenvalue weighted by atomic mass is 35.5. The van der Waals surface area contributed by atoms with Gasteiger partial charge < -0.3 is 0 Å². The predicted molar refractivity (Wildman–Crippen MR) is 107 cm³/mol. The van der Waals surface area contributed by atoms with E-state index in [1.807, 2.05) is 38.2 Å². The predicted octanol–water partition coefficient (Wildman–Crippen LogP) is 3.42. The van der Waals surface area contributed by atoms with Gasteiger partial charge in [0.1, 0.15) is 4.90 Å². The fourth-order valence-electron chi connectivity index (χ4n) is 3.61. The lowest BCUT2D eigenvalue weighted by Crippen LogP contribution is -2.36. The molecule has 148 valence electrons. The Hall–Kier alpha value is -1.41. The van der Waals surface area contributed by atoms with Crippen LogP contribution in [0.15, 0.2) is 29.2 Å². The molecule has 0 unspecified atom stereocenters. The van der Waals surface area contributed by atoms with Gasteiger partial charge in [0.05, 0.1) is 18.1 Å². The quantitative estimate of drug-likeness (QED) is 0.732. The lowest BCUT2D eigenvalue weighted by molar-refractivity contribution is 0.243. The normalized spacial score (nSPS) is 16.2. The number of rotatable bonds is 6. The van der Waals surface area contributed by atoms with Crippen LogP contribution < -0.4 is 0 Å². The van der Waals surface area contributed by atoms with Crippen LogP contribution >= 0.6 is 11.6 Å². The molecule has 1 aliphatic rings. The summed E-state index contributed by atoms with van der Waals surface area (Å²) in [5, 5.41) is 5.23. The van der Waals surface area contributed by atoms with Gasteiger partial charge >= 0.3 is 0 Å². The molecule has 0 N–H and O–H groups in total. The average molecular weight is 411 g/mol. The lowest BCUT2D eigenvalue weighted by Gasteiger charge is -2.26. The van der Waals surface area contributed by atoms with E-state index in [9.17, 15) is 8.42 Å². The van der Waals surface area contributed by atoms with Crippen molar-refractivity contribution in [3.63, 3.8) is 0 Å². The second kappa shape index (κ2) is 8.31. The van der Waals surface area contributed by atoms with Gasteiger partial charge in [0.25, 0.3) is 0 Å². The minimum Gasteiger partial charge on any atom is -0.283 e. The van der Waals surface area contributed by atoms with Gasteiger partial charge in [-0.3, -0.25) is 9.58 Å². The van der Waals surface area contributed by atoms with Crippen molar-refractivity contribution >= 4 is 21.6 Å². The van der Waals surface area contributed by atoms with Gasteiger partial charge in [-0.25, -0.2) is 8.42 Å². The Bertz CT molecular complexity index is 887. The van der Waals surface area contributed by atoms with Crippen molar-refractivity contribution in [1.82, 2.24) is 19.0 Å². The molecular formula is C19H27ClN4O2S. The molecule has 2 heterocycles. The number of aryl methyl sites for hydroxylation is 1. The number of piperidine rings is 1. The summed E-state index contributed by atoms with van der Waals surface area (Å²) in [6.45, 7) is 6.06. The van der Waals surface area contributed by atoms with E-state index >= 15 is 0 Å². The Morgan fingerprint density at radius 3 is 2.37 bits per heavy atom. The number of aromatic nitrogens is 2. The number of hydrogen-bond donors (Lipinski definition) is 0. The molecule has 1 saturated heterocycles. The van der Waals surface area contributed by atoms with E-state index in [1.54, 1.807) is 15.9 Å². The van der Waals surface area contributed by atoms with E-state index < -0.39 is 10.0 Å². The summed E-state index contributed by atoms with van der Waals surface area (Å²) in [7, 11) is -1.50. The zero-order valence-corrected chi connectivity index (χ0v) is 17.7. The minimum absolute atomic E-state index is 0.365. The number of sulfonamides is 1. The van der Waals surface area contributed by atoms with Crippen LogP contribution in [0.2, 0.25) is 5.02 Å².